The maximum atomic E-state index is 12.1. The Morgan fingerprint density at radius 2 is 1.95 bits per heavy atom. The van der Waals surface area contributed by atoms with Crippen LogP contribution in [0.15, 0.2) is 42.7 Å². The van der Waals surface area contributed by atoms with E-state index in [0.717, 1.165) is 17.8 Å². The molecule has 1 saturated carbocycles. The van der Waals surface area contributed by atoms with Gasteiger partial charge in [-0.05, 0) is 36.5 Å². The smallest absolute Gasteiger partial charge is 0.224 e. The second-order valence-electron chi connectivity index (χ2n) is 6.11. The largest absolute Gasteiger partial charge is 0.356 e. The van der Waals surface area contributed by atoms with Gasteiger partial charge in [0.25, 0.3) is 0 Å². The molecule has 1 aliphatic carbocycles. The van der Waals surface area contributed by atoms with Gasteiger partial charge in [-0.25, -0.2) is 4.68 Å². The fourth-order valence-corrected chi connectivity index (χ4v) is 3.07. The molecule has 22 heavy (non-hydrogen) atoms. The number of aromatic nitrogens is 2. The van der Waals surface area contributed by atoms with Crippen LogP contribution in [0.4, 0.5) is 0 Å². The maximum absolute atomic E-state index is 12.1. The van der Waals surface area contributed by atoms with E-state index in [0.29, 0.717) is 12.3 Å². The van der Waals surface area contributed by atoms with Crippen molar-refractivity contribution in [3.05, 3.63) is 48.3 Å². The van der Waals surface area contributed by atoms with Crippen LogP contribution in [0, 0.1) is 5.92 Å². The van der Waals surface area contributed by atoms with Crippen LogP contribution in [0.2, 0.25) is 0 Å². The third-order valence-corrected chi connectivity index (χ3v) is 4.33. The van der Waals surface area contributed by atoms with E-state index in [2.05, 4.69) is 10.4 Å². The Kier molecular flexibility index (Phi) is 4.88. The highest BCUT2D eigenvalue weighted by Crippen LogP contribution is 2.22. The second kappa shape index (κ2) is 7.25. The molecule has 0 saturated heterocycles. The lowest BCUT2D eigenvalue weighted by atomic mass is 9.89. The van der Waals surface area contributed by atoms with Gasteiger partial charge < -0.3 is 5.32 Å². The minimum atomic E-state index is 0.0955. The number of carbonyl (C=O) groups is 1. The Bertz CT molecular complexity index is 600. The zero-order valence-corrected chi connectivity index (χ0v) is 12.9. The summed E-state index contributed by atoms with van der Waals surface area (Å²) in [5.74, 6) is 0.767. The molecule has 1 N–H and O–H groups in total. The highest BCUT2D eigenvalue weighted by molar-refractivity contribution is 5.78. The number of para-hydroxylation sites is 1. The fourth-order valence-electron chi connectivity index (χ4n) is 3.07. The van der Waals surface area contributed by atoms with Crippen LogP contribution in [0.5, 0.6) is 0 Å². The number of nitrogens with one attached hydrogen (secondary N) is 1. The third-order valence-electron chi connectivity index (χ3n) is 4.33. The van der Waals surface area contributed by atoms with E-state index in [9.17, 15) is 4.79 Å². The van der Waals surface area contributed by atoms with Gasteiger partial charge in [0.1, 0.15) is 0 Å². The van der Waals surface area contributed by atoms with Crippen molar-refractivity contribution in [2.45, 2.75) is 38.5 Å². The Hall–Kier alpha value is -2.10. The van der Waals surface area contributed by atoms with Crippen LogP contribution in [-0.2, 0) is 11.2 Å². The van der Waals surface area contributed by atoms with Crippen LogP contribution in [-0.4, -0.2) is 22.2 Å². The van der Waals surface area contributed by atoms with Gasteiger partial charge in [0.15, 0.2) is 0 Å². The van der Waals surface area contributed by atoms with E-state index >= 15 is 0 Å². The van der Waals surface area contributed by atoms with E-state index in [-0.39, 0.29) is 5.91 Å². The predicted molar refractivity (Wildman–Crippen MR) is 86.9 cm³/mol. The molecule has 1 aromatic carbocycles. The highest BCUT2D eigenvalue weighted by atomic mass is 16.1. The zero-order valence-electron chi connectivity index (χ0n) is 12.9. The van der Waals surface area contributed by atoms with E-state index in [4.69, 9.17) is 0 Å². The summed E-state index contributed by atoms with van der Waals surface area (Å²) in [6.07, 6.45) is 10.6. The van der Waals surface area contributed by atoms with E-state index < -0.39 is 0 Å². The summed E-state index contributed by atoms with van der Waals surface area (Å²) in [7, 11) is 0. The van der Waals surface area contributed by atoms with Crippen molar-refractivity contribution in [2.75, 3.05) is 6.54 Å². The molecule has 4 heteroatoms. The number of nitrogens with zero attached hydrogens (tertiary/aromatic N) is 2. The average Bonchev–Trinajstić information content (AvgIpc) is 3.03. The zero-order chi connectivity index (χ0) is 15.2. The molecule has 0 aliphatic heterocycles. The molecular formula is C18H23N3O. The van der Waals surface area contributed by atoms with Crippen molar-refractivity contribution in [1.29, 1.82) is 0 Å². The van der Waals surface area contributed by atoms with Gasteiger partial charge in [-0.1, -0.05) is 37.5 Å². The molecule has 2 aromatic rings. The first kappa shape index (κ1) is 14.8. The number of benzene rings is 1. The monoisotopic (exact) mass is 297 g/mol. The second-order valence-corrected chi connectivity index (χ2v) is 6.11. The van der Waals surface area contributed by atoms with Gasteiger partial charge in [-0.3, -0.25) is 4.79 Å². The highest BCUT2D eigenvalue weighted by Gasteiger charge is 2.14. The first-order chi connectivity index (χ1) is 10.8. The van der Waals surface area contributed by atoms with Crippen LogP contribution in [0.25, 0.3) is 5.69 Å². The van der Waals surface area contributed by atoms with Crippen molar-refractivity contribution >= 4 is 5.91 Å². The van der Waals surface area contributed by atoms with Crippen molar-refractivity contribution < 1.29 is 4.79 Å². The van der Waals surface area contributed by atoms with Gasteiger partial charge in [0.2, 0.25) is 5.91 Å². The molecule has 1 aromatic heterocycles. The van der Waals surface area contributed by atoms with E-state index in [1.807, 2.05) is 41.2 Å². The van der Waals surface area contributed by atoms with Crippen molar-refractivity contribution in [3.63, 3.8) is 0 Å². The van der Waals surface area contributed by atoms with Crippen molar-refractivity contribution in [2.24, 2.45) is 5.92 Å². The standard InChI is InChI=1S/C18H23N3O/c22-18(19-12-15-7-3-1-4-8-15)11-16-13-20-21(14-16)17-9-5-2-6-10-17/h2,5-6,9-10,13-15H,1,3-4,7-8,11-12H2,(H,19,22). The summed E-state index contributed by atoms with van der Waals surface area (Å²) in [5, 5.41) is 7.40. The summed E-state index contributed by atoms with van der Waals surface area (Å²) in [6, 6.07) is 9.94. The Morgan fingerprint density at radius 1 is 1.18 bits per heavy atom. The number of amides is 1. The molecule has 1 aliphatic rings. The number of rotatable bonds is 5. The summed E-state index contributed by atoms with van der Waals surface area (Å²) in [6.45, 7) is 0.825. The molecule has 1 amide bonds. The van der Waals surface area contributed by atoms with E-state index in [1.54, 1.807) is 6.20 Å². The number of hydrogen-bond acceptors (Lipinski definition) is 2. The van der Waals surface area contributed by atoms with Gasteiger partial charge >= 0.3 is 0 Å². The molecule has 3 rings (SSSR count). The normalized spacial score (nSPS) is 15.6. The SMILES string of the molecule is O=C(Cc1cnn(-c2ccccc2)c1)NCC1CCCCC1. The summed E-state index contributed by atoms with van der Waals surface area (Å²) >= 11 is 0. The minimum Gasteiger partial charge on any atom is -0.356 e. The fraction of sp³-hybridized carbons (Fsp3) is 0.444. The molecule has 0 atom stereocenters. The molecular weight excluding hydrogens is 274 g/mol. The lowest BCUT2D eigenvalue weighted by molar-refractivity contribution is -0.120. The molecule has 1 fully saturated rings. The molecule has 1 heterocycles. The first-order valence-electron chi connectivity index (χ1n) is 8.17. The van der Waals surface area contributed by atoms with Crippen molar-refractivity contribution in [3.8, 4) is 5.69 Å². The van der Waals surface area contributed by atoms with Crippen LogP contribution < -0.4 is 5.32 Å². The lowest BCUT2D eigenvalue weighted by Gasteiger charge is -2.21. The van der Waals surface area contributed by atoms with Gasteiger partial charge in [0.05, 0.1) is 18.3 Å². The molecule has 0 radical (unpaired) electrons. The molecule has 4 nitrogen and oxygen atoms in total. The van der Waals surface area contributed by atoms with Crippen LogP contribution in [0.1, 0.15) is 37.7 Å². The van der Waals surface area contributed by atoms with E-state index in [1.165, 1.54) is 32.1 Å². The number of hydrogen-bond donors (Lipinski definition) is 1. The molecule has 116 valence electrons. The van der Waals surface area contributed by atoms with Crippen molar-refractivity contribution in [1.82, 2.24) is 15.1 Å². The topological polar surface area (TPSA) is 46.9 Å². The minimum absolute atomic E-state index is 0.0955. The average molecular weight is 297 g/mol. The Balaban J connectivity index is 1.50. The lowest BCUT2D eigenvalue weighted by Crippen LogP contribution is -2.31. The third kappa shape index (κ3) is 3.97. The van der Waals surface area contributed by atoms with Crippen LogP contribution in [0.3, 0.4) is 0 Å². The summed E-state index contributed by atoms with van der Waals surface area (Å²) in [5.41, 5.74) is 1.96. The quantitative estimate of drug-likeness (QED) is 0.921. The molecule has 0 unspecified atom stereocenters. The predicted octanol–water partition coefficient (Wildman–Crippen LogP) is 3.11. The summed E-state index contributed by atoms with van der Waals surface area (Å²) in [4.78, 5) is 12.1. The maximum Gasteiger partial charge on any atom is 0.224 e. The van der Waals surface area contributed by atoms with Gasteiger partial charge in [0, 0.05) is 12.7 Å². The Labute approximate surface area is 131 Å². The van der Waals surface area contributed by atoms with Crippen LogP contribution >= 0.6 is 0 Å². The first-order valence-corrected chi connectivity index (χ1v) is 8.17. The number of carbonyl (C=O) groups excluding carboxylic acids is 1. The summed E-state index contributed by atoms with van der Waals surface area (Å²) < 4.78 is 1.81. The van der Waals surface area contributed by atoms with Gasteiger partial charge in [-0.15, -0.1) is 0 Å². The Morgan fingerprint density at radius 3 is 2.73 bits per heavy atom. The van der Waals surface area contributed by atoms with Gasteiger partial charge in [-0.2, -0.15) is 5.10 Å². The molecule has 0 spiro atoms. The molecule has 0 bridgehead atoms.